The minimum atomic E-state index is -0.911. The van der Waals surface area contributed by atoms with Crippen molar-refractivity contribution in [2.24, 2.45) is 11.7 Å². The highest BCUT2D eigenvalue weighted by molar-refractivity contribution is 7.98. The molecular weight excluding hydrogens is 532 g/mol. The summed E-state index contributed by atoms with van der Waals surface area (Å²) in [6, 6.07) is 5.88. The van der Waals surface area contributed by atoms with Gasteiger partial charge in [0.05, 0.1) is 12.6 Å². The van der Waals surface area contributed by atoms with Crippen LogP contribution in [0.5, 0.6) is 0 Å². The predicted molar refractivity (Wildman–Crippen MR) is 156 cm³/mol. The van der Waals surface area contributed by atoms with E-state index in [4.69, 9.17) is 5.73 Å². The number of likely N-dealkylation sites (N-methyl/N-ethyl adjacent to an activating group) is 1. The van der Waals surface area contributed by atoms with Crippen molar-refractivity contribution in [3.63, 3.8) is 0 Å². The standard InChI is InChI=1S/C28H44N6O5S/c1-18(2)24-28(39)33(4)17-23(35)31-22(16-20-10-7-6-8-11-20)26(37)30-13-9-14-34(19(3)25(36)32-24)27(38)21(29)12-15-40-5/h6-8,10-11,18-19,21-22,24H,9,12-17,29H2,1-5H3,(H,30,37)(H,31,35)(H,32,36)/t19-,21+,22+,24+/m1/s1. The lowest BCUT2D eigenvalue weighted by atomic mass is 10.0. The van der Waals surface area contributed by atoms with Crippen LogP contribution in [0.3, 0.4) is 0 Å². The predicted octanol–water partition coefficient (Wildman–Crippen LogP) is 0.131. The van der Waals surface area contributed by atoms with Crippen LogP contribution in [0.15, 0.2) is 30.3 Å². The van der Waals surface area contributed by atoms with Crippen molar-refractivity contribution >= 4 is 41.3 Å². The fourth-order valence-corrected chi connectivity index (χ4v) is 4.91. The Balaban J connectivity index is 2.35. The van der Waals surface area contributed by atoms with Crippen LogP contribution in [0.25, 0.3) is 0 Å². The van der Waals surface area contributed by atoms with Crippen LogP contribution in [0.1, 0.15) is 39.2 Å². The van der Waals surface area contributed by atoms with Crippen LogP contribution in [-0.2, 0) is 30.4 Å². The highest BCUT2D eigenvalue weighted by Gasteiger charge is 2.34. The summed E-state index contributed by atoms with van der Waals surface area (Å²) in [7, 11) is 1.48. The second-order valence-electron chi connectivity index (χ2n) is 10.5. The third kappa shape index (κ3) is 9.81. The van der Waals surface area contributed by atoms with Crippen molar-refractivity contribution < 1.29 is 24.0 Å². The Kier molecular flexibility index (Phi) is 13.4. The van der Waals surface area contributed by atoms with Gasteiger partial charge in [-0.1, -0.05) is 44.2 Å². The van der Waals surface area contributed by atoms with Crippen LogP contribution >= 0.6 is 11.8 Å². The van der Waals surface area contributed by atoms with Crippen molar-refractivity contribution in [3.05, 3.63) is 35.9 Å². The fourth-order valence-electron chi connectivity index (χ4n) is 4.42. The fraction of sp³-hybridized carbons (Fsp3) is 0.607. The number of carbonyl (C=O) groups is 5. The molecule has 4 atom stereocenters. The third-order valence-corrected chi connectivity index (χ3v) is 7.52. The first-order chi connectivity index (χ1) is 19.0. The highest BCUT2D eigenvalue weighted by atomic mass is 32.2. The molecular formula is C28H44N6O5S. The van der Waals surface area contributed by atoms with Crippen LogP contribution < -0.4 is 21.7 Å². The molecule has 12 heteroatoms. The van der Waals surface area contributed by atoms with Gasteiger partial charge in [0.2, 0.25) is 29.5 Å². The molecule has 11 nitrogen and oxygen atoms in total. The Bertz CT molecular complexity index is 1020. The maximum absolute atomic E-state index is 13.3. The Morgan fingerprint density at radius 2 is 1.77 bits per heavy atom. The van der Waals surface area contributed by atoms with E-state index in [-0.39, 0.29) is 43.8 Å². The number of carbonyl (C=O) groups excluding carboxylic acids is 5. The zero-order valence-electron chi connectivity index (χ0n) is 24.1. The molecule has 5 N–H and O–H groups in total. The number of benzene rings is 1. The Morgan fingerprint density at radius 3 is 2.40 bits per heavy atom. The molecule has 1 aromatic rings. The van der Waals surface area contributed by atoms with Gasteiger partial charge in [-0.2, -0.15) is 11.8 Å². The Labute approximate surface area is 241 Å². The Morgan fingerprint density at radius 1 is 1.10 bits per heavy atom. The Hall–Kier alpha value is -3.12. The maximum atomic E-state index is 13.3. The second-order valence-corrected chi connectivity index (χ2v) is 11.5. The van der Waals surface area contributed by atoms with Gasteiger partial charge < -0.3 is 31.5 Å². The molecule has 2 rings (SSSR count). The molecule has 0 bridgehead atoms. The quantitative estimate of drug-likeness (QED) is 0.360. The molecule has 1 heterocycles. The monoisotopic (exact) mass is 576 g/mol. The van der Waals surface area contributed by atoms with Crippen molar-refractivity contribution in [1.82, 2.24) is 25.8 Å². The number of amides is 5. The summed E-state index contributed by atoms with van der Waals surface area (Å²) in [5, 5.41) is 8.38. The van der Waals surface area contributed by atoms with E-state index in [1.807, 2.05) is 36.6 Å². The van der Waals surface area contributed by atoms with E-state index in [1.165, 1.54) is 16.8 Å². The van der Waals surface area contributed by atoms with E-state index in [2.05, 4.69) is 16.0 Å². The number of hydrogen-bond acceptors (Lipinski definition) is 7. The molecule has 1 saturated heterocycles. The minimum absolute atomic E-state index is 0.177. The first kappa shape index (κ1) is 33.1. The summed E-state index contributed by atoms with van der Waals surface area (Å²) in [6.07, 6.45) is 3.02. The van der Waals surface area contributed by atoms with Gasteiger partial charge in [0.1, 0.15) is 18.1 Å². The zero-order valence-corrected chi connectivity index (χ0v) is 25.0. The van der Waals surface area contributed by atoms with Gasteiger partial charge in [-0.05, 0) is 43.3 Å². The largest absolute Gasteiger partial charge is 0.354 e. The van der Waals surface area contributed by atoms with Gasteiger partial charge in [-0.3, -0.25) is 24.0 Å². The van der Waals surface area contributed by atoms with Crippen LogP contribution in [-0.4, -0.2) is 102 Å². The van der Waals surface area contributed by atoms with Gasteiger partial charge in [0, 0.05) is 26.6 Å². The minimum Gasteiger partial charge on any atom is -0.354 e. The molecule has 0 saturated carbocycles. The number of hydrogen-bond donors (Lipinski definition) is 4. The first-order valence-corrected chi connectivity index (χ1v) is 15.1. The lowest BCUT2D eigenvalue weighted by Crippen LogP contribution is -2.59. The van der Waals surface area contributed by atoms with Crippen LogP contribution in [0.2, 0.25) is 0 Å². The van der Waals surface area contributed by atoms with E-state index < -0.39 is 41.9 Å². The van der Waals surface area contributed by atoms with Gasteiger partial charge in [0.15, 0.2) is 0 Å². The molecule has 1 aromatic carbocycles. The molecule has 1 fully saturated rings. The molecule has 0 aromatic heterocycles. The van der Waals surface area contributed by atoms with Crippen LogP contribution in [0.4, 0.5) is 0 Å². The molecule has 222 valence electrons. The van der Waals surface area contributed by atoms with E-state index in [0.29, 0.717) is 18.6 Å². The number of nitrogens with zero attached hydrogens (tertiary/aromatic N) is 2. The summed E-state index contributed by atoms with van der Waals surface area (Å²) in [6.45, 7) is 5.30. The average Bonchev–Trinajstić information content (AvgIpc) is 2.92. The van der Waals surface area contributed by atoms with Crippen molar-refractivity contribution in [2.75, 3.05) is 38.7 Å². The second kappa shape index (κ2) is 16.2. The molecule has 0 spiro atoms. The van der Waals surface area contributed by atoms with Crippen LogP contribution in [0, 0.1) is 5.92 Å². The van der Waals surface area contributed by atoms with E-state index >= 15 is 0 Å². The van der Waals surface area contributed by atoms with Gasteiger partial charge in [-0.25, -0.2) is 0 Å². The van der Waals surface area contributed by atoms with Gasteiger partial charge >= 0.3 is 0 Å². The average molecular weight is 577 g/mol. The summed E-state index contributed by atoms with van der Waals surface area (Å²) < 4.78 is 0. The third-order valence-electron chi connectivity index (χ3n) is 6.88. The van der Waals surface area contributed by atoms with Crippen molar-refractivity contribution in [2.45, 2.75) is 64.2 Å². The number of nitrogens with one attached hydrogen (secondary N) is 3. The van der Waals surface area contributed by atoms with Crippen molar-refractivity contribution in [3.8, 4) is 0 Å². The molecule has 0 unspecified atom stereocenters. The topological polar surface area (TPSA) is 154 Å². The first-order valence-electron chi connectivity index (χ1n) is 13.7. The number of thioether (sulfide) groups is 1. The summed E-state index contributed by atoms with van der Waals surface area (Å²) in [5.41, 5.74) is 7.05. The summed E-state index contributed by atoms with van der Waals surface area (Å²) >= 11 is 1.58. The maximum Gasteiger partial charge on any atom is 0.245 e. The summed E-state index contributed by atoms with van der Waals surface area (Å²) in [5.74, 6) is -1.75. The number of nitrogens with two attached hydrogens (primary N) is 1. The van der Waals surface area contributed by atoms with E-state index in [0.717, 1.165) is 5.56 Å². The normalized spacial score (nSPS) is 22.9. The lowest BCUT2D eigenvalue weighted by molar-refractivity contribution is -0.144. The van der Waals surface area contributed by atoms with E-state index in [9.17, 15) is 24.0 Å². The van der Waals surface area contributed by atoms with Gasteiger partial charge in [0.25, 0.3) is 0 Å². The lowest BCUT2D eigenvalue weighted by Gasteiger charge is -2.33. The molecule has 0 aliphatic carbocycles. The van der Waals surface area contributed by atoms with E-state index in [1.54, 1.807) is 32.5 Å². The molecule has 1 aliphatic heterocycles. The highest BCUT2D eigenvalue weighted by Crippen LogP contribution is 2.12. The zero-order chi connectivity index (χ0) is 29.8. The van der Waals surface area contributed by atoms with Crippen molar-refractivity contribution in [1.29, 1.82) is 0 Å². The smallest absolute Gasteiger partial charge is 0.245 e. The number of rotatable bonds is 7. The molecule has 5 amide bonds. The molecule has 0 radical (unpaired) electrons. The SMILES string of the molecule is CSCC[C@H](N)C(=O)N1CCCNC(=O)[C@H](Cc2ccccc2)NC(=O)CN(C)C(=O)[C@H](C(C)C)NC(=O)[C@H]1C. The molecule has 40 heavy (non-hydrogen) atoms. The summed E-state index contributed by atoms with van der Waals surface area (Å²) in [4.78, 5) is 68.6. The van der Waals surface area contributed by atoms with Gasteiger partial charge in [-0.15, -0.1) is 0 Å². The molecule has 1 aliphatic rings.